The summed E-state index contributed by atoms with van der Waals surface area (Å²) in [5.41, 5.74) is 0.770. The first-order valence-electron chi connectivity index (χ1n) is 4.35. The van der Waals surface area contributed by atoms with E-state index in [9.17, 15) is 8.42 Å². The summed E-state index contributed by atoms with van der Waals surface area (Å²) in [5.74, 6) is 0. The van der Waals surface area contributed by atoms with E-state index in [-0.39, 0.29) is 13.1 Å². The molecule has 0 aliphatic rings. The molecule has 0 radical (unpaired) electrons. The van der Waals surface area contributed by atoms with Crippen LogP contribution in [-0.4, -0.2) is 38.9 Å². The Balaban J connectivity index is 2.30. The van der Waals surface area contributed by atoms with Crippen LogP contribution in [0.5, 0.6) is 0 Å². The number of nitrogens with zero attached hydrogens (tertiary/aromatic N) is 1. The van der Waals surface area contributed by atoms with Crippen LogP contribution in [0.2, 0.25) is 0 Å². The Morgan fingerprint density at radius 1 is 1.53 bits per heavy atom. The van der Waals surface area contributed by atoms with Gasteiger partial charge in [-0.1, -0.05) is 0 Å². The molecule has 0 unspecified atom stereocenters. The van der Waals surface area contributed by atoms with Crippen molar-refractivity contribution in [3.05, 3.63) is 18.0 Å². The molecule has 8 heteroatoms. The second-order valence-electron chi connectivity index (χ2n) is 2.82. The zero-order valence-corrected chi connectivity index (χ0v) is 9.17. The van der Waals surface area contributed by atoms with Crippen molar-refractivity contribution in [1.29, 1.82) is 0 Å². The van der Waals surface area contributed by atoms with Crippen LogP contribution >= 0.6 is 0 Å². The molecular formula is C7H14N4O3S. The van der Waals surface area contributed by atoms with Gasteiger partial charge in [0.2, 0.25) is 0 Å². The first-order chi connectivity index (χ1) is 7.14. The highest BCUT2D eigenvalue weighted by atomic mass is 32.2. The molecule has 7 nitrogen and oxygen atoms in total. The average Bonchev–Trinajstić information content (AvgIpc) is 2.68. The first kappa shape index (κ1) is 12.1. The molecule has 0 saturated carbocycles. The number of methoxy groups -OCH3 is 1. The minimum atomic E-state index is -3.45. The van der Waals surface area contributed by atoms with Gasteiger partial charge in [-0.2, -0.15) is 23.0 Å². The molecule has 86 valence electrons. The number of hydrogen-bond acceptors (Lipinski definition) is 4. The van der Waals surface area contributed by atoms with Crippen LogP contribution < -0.4 is 9.44 Å². The van der Waals surface area contributed by atoms with E-state index in [1.54, 1.807) is 12.4 Å². The molecule has 1 rings (SSSR count). The van der Waals surface area contributed by atoms with Gasteiger partial charge in [-0.05, 0) is 0 Å². The van der Waals surface area contributed by atoms with Gasteiger partial charge in [0, 0.05) is 32.0 Å². The third kappa shape index (κ3) is 4.88. The van der Waals surface area contributed by atoms with Crippen molar-refractivity contribution in [1.82, 2.24) is 19.6 Å². The summed E-state index contributed by atoms with van der Waals surface area (Å²) in [5, 5.41) is 6.29. The quantitative estimate of drug-likeness (QED) is 0.526. The number of H-pyrrole nitrogens is 1. The molecule has 0 aliphatic carbocycles. The van der Waals surface area contributed by atoms with Crippen LogP contribution in [-0.2, 0) is 21.5 Å². The molecule has 1 heterocycles. The zero-order valence-electron chi connectivity index (χ0n) is 8.36. The molecule has 1 aromatic heterocycles. The van der Waals surface area contributed by atoms with Crippen LogP contribution in [0.4, 0.5) is 0 Å². The fraction of sp³-hybridized carbons (Fsp3) is 0.571. The fourth-order valence-corrected chi connectivity index (χ4v) is 1.69. The van der Waals surface area contributed by atoms with E-state index < -0.39 is 10.2 Å². The highest BCUT2D eigenvalue weighted by Crippen LogP contribution is 1.92. The molecule has 1 aromatic rings. The van der Waals surface area contributed by atoms with Crippen LogP contribution in [0.15, 0.2) is 12.4 Å². The van der Waals surface area contributed by atoms with Gasteiger partial charge >= 0.3 is 0 Å². The summed E-state index contributed by atoms with van der Waals surface area (Å²) < 4.78 is 32.0. The maximum Gasteiger partial charge on any atom is 0.277 e. The van der Waals surface area contributed by atoms with E-state index in [0.717, 1.165) is 5.56 Å². The predicted octanol–water partition coefficient (Wildman–Crippen LogP) is -1.02. The van der Waals surface area contributed by atoms with Gasteiger partial charge in [0.15, 0.2) is 0 Å². The maximum atomic E-state index is 11.3. The van der Waals surface area contributed by atoms with Crippen molar-refractivity contribution in [2.75, 3.05) is 20.3 Å². The molecule has 15 heavy (non-hydrogen) atoms. The summed E-state index contributed by atoms with van der Waals surface area (Å²) in [6.07, 6.45) is 3.18. The summed E-state index contributed by atoms with van der Waals surface area (Å²) in [6.45, 7) is 0.794. The third-order valence-electron chi connectivity index (χ3n) is 1.62. The van der Waals surface area contributed by atoms with Gasteiger partial charge in [-0.3, -0.25) is 5.10 Å². The maximum absolute atomic E-state index is 11.3. The Hall–Kier alpha value is -0.960. The number of hydrogen-bond donors (Lipinski definition) is 3. The first-order valence-corrected chi connectivity index (χ1v) is 5.83. The van der Waals surface area contributed by atoms with Crippen LogP contribution in [0, 0.1) is 0 Å². The Labute approximate surface area is 88.4 Å². The van der Waals surface area contributed by atoms with Crippen molar-refractivity contribution in [3.8, 4) is 0 Å². The van der Waals surface area contributed by atoms with Gasteiger partial charge in [0.05, 0.1) is 12.8 Å². The molecule has 0 bridgehead atoms. The second kappa shape index (κ2) is 5.81. The molecule has 0 aliphatic heterocycles. The molecule has 0 spiro atoms. The van der Waals surface area contributed by atoms with Crippen molar-refractivity contribution >= 4 is 10.2 Å². The average molecular weight is 234 g/mol. The summed E-state index contributed by atoms with van der Waals surface area (Å²) in [7, 11) is -1.94. The van der Waals surface area contributed by atoms with Crippen molar-refractivity contribution in [2.45, 2.75) is 6.54 Å². The largest absolute Gasteiger partial charge is 0.383 e. The standard InChI is InChI=1S/C7H14N4O3S/c1-14-3-2-10-15(12,13)11-6-7-4-8-9-5-7/h4-5,10-11H,2-3,6H2,1H3,(H,8,9). The topological polar surface area (TPSA) is 96.1 Å². The van der Waals surface area contributed by atoms with Gasteiger partial charge in [-0.25, -0.2) is 0 Å². The van der Waals surface area contributed by atoms with Gasteiger partial charge < -0.3 is 4.74 Å². The lowest BCUT2D eigenvalue weighted by Gasteiger charge is -2.06. The lowest BCUT2D eigenvalue weighted by molar-refractivity contribution is 0.204. The van der Waals surface area contributed by atoms with E-state index in [2.05, 4.69) is 19.6 Å². The molecule has 0 aromatic carbocycles. The number of aromatic nitrogens is 2. The summed E-state index contributed by atoms with van der Waals surface area (Å²) in [4.78, 5) is 0. The Bertz CT molecular complexity index is 362. The van der Waals surface area contributed by atoms with E-state index in [4.69, 9.17) is 4.74 Å². The van der Waals surface area contributed by atoms with E-state index in [1.165, 1.54) is 7.11 Å². The van der Waals surface area contributed by atoms with Crippen LogP contribution in [0.1, 0.15) is 5.56 Å². The molecule has 0 atom stereocenters. The third-order valence-corrected chi connectivity index (χ3v) is 2.73. The van der Waals surface area contributed by atoms with Crippen molar-refractivity contribution in [3.63, 3.8) is 0 Å². The highest BCUT2D eigenvalue weighted by molar-refractivity contribution is 7.87. The Kier molecular flexibility index (Phi) is 4.69. The number of aromatic amines is 1. The number of nitrogens with one attached hydrogen (secondary N) is 3. The van der Waals surface area contributed by atoms with Crippen molar-refractivity contribution in [2.24, 2.45) is 0 Å². The normalized spacial score (nSPS) is 11.8. The van der Waals surface area contributed by atoms with Crippen LogP contribution in [0.25, 0.3) is 0 Å². The van der Waals surface area contributed by atoms with E-state index in [0.29, 0.717) is 6.61 Å². The SMILES string of the molecule is COCCNS(=O)(=O)NCc1cn[nH]c1. The second-order valence-corrected chi connectivity index (χ2v) is 4.40. The Morgan fingerprint density at radius 3 is 2.93 bits per heavy atom. The summed E-state index contributed by atoms with van der Waals surface area (Å²) in [6, 6.07) is 0. The number of ether oxygens (including phenoxy) is 1. The highest BCUT2D eigenvalue weighted by Gasteiger charge is 2.07. The number of rotatable bonds is 7. The predicted molar refractivity (Wildman–Crippen MR) is 54.2 cm³/mol. The molecule has 0 fully saturated rings. The van der Waals surface area contributed by atoms with Gasteiger partial charge in [0.1, 0.15) is 0 Å². The monoisotopic (exact) mass is 234 g/mol. The van der Waals surface area contributed by atoms with Gasteiger partial charge in [-0.15, -0.1) is 0 Å². The Morgan fingerprint density at radius 2 is 2.33 bits per heavy atom. The smallest absolute Gasteiger partial charge is 0.277 e. The lowest BCUT2D eigenvalue weighted by atomic mass is 10.4. The van der Waals surface area contributed by atoms with Crippen molar-refractivity contribution < 1.29 is 13.2 Å². The molecule has 0 saturated heterocycles. The zero-order chi connectivity index (χ0) is 11.1. The van der Waals surface area contributed by atoms with E-state index in [1.807, 2.05) is 0 Å². The molecule has 0 amide bonds. The van der Waals surface area contributed by atoms with E-state index >= 15 is 0 Å². The van der Waals surface area contributed by atoms with Gasteiger partial charge in [0.25, 0.3) is 10.2 Å². The molecule has 3 N–H and O–H groups in total. The minimum absolute atomic E-state index is 0.207. The van der Waals surface area contributed by atoms with Crippen LogP contribution in [0.3, 0.4) is 0 Å². The fourth-order valence-electron chi connectivity index (χ4n) is 0.882. The lowest BCUT2D eigenvalue weighted by Crippen LogP contribution is -2.37. The molecular weight excluding hydrogens is 220 g/mol. The minimum Gasteiger partial charge on any atom is -0.383 e. The summed E-state index contributed by atoms with van der Waals surface area (Å²) >= 11 is 0.